The topological polar surface area (TPSA) is 94.9 Å². The summed E-state index contributed by atoms with van der Waals surface area (Å²) < 4.78 is 25.9. The van der Waals surface area contributed by atoms with Gasteiger partial charge in [0.15, 0.2) is 9.84 Å². The molecule has 1 heterocycles. The third kappa shape index (κ3) is 6.96. The maximum atomic E-state index is 14.9. The molecule has 1 saturated heterocycles. The summed E-state index contributed by atoms with van der Waals surface area (Å²) in [5, 5.41) is 22.7. The Morgan fingerprint density at radius 3 is 2.19 bits per heavy atom. The van der Waals surface area contributed by atoms with Gasteiger partial charge in [-0.1, -0.05) is 75.2 Å². The number of aliphatic hydroxyl groups is 2. The molecule has 3 unspecified atom stereocenters. The number of amides is 1. The summed E-state index contributed by atoms with van der Waals surface area (Å²) in [5.74, 6) is -0.476. The van der Waals surface area contributed by atoms with E-state index in [0.29, 0.717) is 42.1 Å². The molecule has 238 valence electrons. The van der Waals surface area contributed by atoms with Gasteiger partial charge in [-0.2, -0.15) is 0 Å². The predicted molar refractivity (Wildman–Crippen MR) is 174 cm³/mol. The molecular formula is C34H47Cl2NO5S. The van der Waals surface area contributed by atoms with Crippen molar-refractivity contribution in [3.63, 3.8) is 0 Å². The number of carbonyl (C=O) groups excluding carboxylic acids is 1. The van der Waals surface area contributed by atoms with Gasteiger partial charge in [-0.05, 0) is 87.3 Å². The first-order valence-corrected chi connectivity index (χ1v) is 17.9. The molecule has 4 rings (SSSR count). The SMILES string of the molecule is CC[C@@H](CCS(=O)(=O)C(C)C)N1C(=O)[C@@](C)(CC2CC(O)C(C)(C)C2O)C[C@H](c2cccc(Cl)c2)[C@H]1c1ccc(Cl)cc1. The highest BCUT2D eigenvalue weighted by molar-refractivity contribution is 7.91. The number of hydrogen-bond acceptors (Lipinski definition) is 5. The van der Waals surface area contributed by atoms with Crippen LogP contribution in [0, 0.1) is 16.7 Å². The minimum atomic E-state index is -3.33. The van der Waals surface area contributed by atoms with E-state index in [0.717, 1.165) is 11.1 Å². The number of nitrogens with zero attached hydrogens (tertiary/aromatic N) is 1. The van der Waals surface area contributed by atoms with E-state index in [2.05, 4.69) is 0 Å². The second kappa shape index (κ2) is 13.0. The lowest BCUT2D eigenvalue weighted by molar-refractivity contribution is -0.157. The normalized spacial score (nSPS) is 30.2. The fourth-order valence-corrected chi connectivity index (χ4v) is 8.74. The van der Waals surface area contributed by atoms with Crippen LogP contribution in [-0.4, -0.2) is 58.7 Å². The number of likely N-dealkylation sites (tertiary alicyclic amines) is 1. The molecule has 43 heavy (non-hydrogen) atoms. The van der Waals surface area contributed by atoms with E-state index in [4.69, 9.17) is 23.2 Å². The van der Waals surface area contributed by atoms with Crippen molar-refractivity contribution in [2.24, 2.45) is 16.7 Å². The highest BCUT2D eigenvalue weighted by Gasteiger charge is 2.55. The zero-order chi connectivity index (χ0) is 31.9. The maximum absolute atomic E-state index is 14.9. The lowest BCUT2D eigenvalue weighted by atomic mass is 9.64. The molecule has 0 bridgehead atoms. The van der Waals surface area contributed by atoms with Crippen LogP contribution in [0.15, 0.2) is 48.5 Å². The fraction of sp³-hybridized carbons (Fsp3) is 0.618. The van der Waals surface area contributed by atoms with Crippen molar-refractivity contribution in [1.29, 1.82) is 0 Å². The van der Waals surface area contributed by atoms with Gasteiger partial charge in [-0.3, -0.25) is 4.79 Å². The van der Waals surface area contributed by atoms with Gasteiger partial charge >= 0.3 is 0 Å². The zero-order valence-corrected chi connectivity index (χ0v) is 28.5. The molecule has 2 aliphatic rings. The minimum Gasteiger partial charge on any atom is -0.392 e. The Labute approximate surface area is 267 Å². The fourth-order valence-electron chi connectivity index (χ4n) is 7.34. The molecular weight excluding hydrogens is 605 g/mol. The van der Waals surface area contributed by atoms with E-state index >= 15 is 0 Å². The monoisotopic (exact) mass is 651 g/mol. The summed E-state index contributed by atoms with van der Waals surface area (Å²) >= 11 is 12.8. The average molecular weight is 653 g/mol. The van der Waals surface area contributed by atoms with Crippen molar-refractivity contribution >= 4 is 38.9 Å². The number of hydrogen-bond donors (Lipinski definition) is 2. The number of piperidine rings is 1. The Kier molecular flexibility index (Phi) is 10.3. The summed E-state index contributed by atoms with van der Waals surface area (Å²) in [7, 11) is -3.33. The van der Waals surface area contributed by atoms with Crippen molar-refractivity contribution in [3.05, 3.63) is 69.7 Å². The maximum Gasteiger partial charge on any atom is 0.229 e. The van der Waals surface area contributed by atoms with Crippen LogP contribution < -0.4 is 0 Å². The van der Waals surface area contributed by atoms with E-state index < -0.39 is 38.1 Å². The summed E-state index contributed by atoms with van der Waals surface area (Å²) in [6, 6.07) is 14.6. The van der Waals surface area contributed by atoms with Gasteiger partial charge in [0, 0.05) is 32.8 Å². The first-order valence-electron chi connectivity index (χ1n) is 15.4. The minimum absolute atomic E-state index is 0.0133. The third-order valence-electron chi connectivity index (χ3n) is 10.2. The summed E-state index contributed by atoms with van der Waals surface area (Å²) in [6.45, 7) is 11.1. The molecule has 1 amide bonds. The molecule has 1 saturated carbocycles. The number of aliphatic hydroxyl groups excluding tert-OH is 2. The van der Waals surface area contributed by atoms with Crippen LogP contribution >= 0.6 is 23.2 Å². The van der Waals surface area contributed by atoms with E-state index in [-0.39, 0.29) is 35.6 Å². The molecule has 1 aliphatic heterocycles. The number of rotatable bonds is 10. The van der Waals surface area contributed by atoms with Crippen LogP contribution in [0.4, 0.5) is 0 Å². The highest BCUT2D eigenvalue weighted by atomic mass is 35.5. The molecule has 2 fully saturated rings. The zero-order valence-electron chi connectivity index (χ0n) is 26.1. The van der Waals surface area contributed by atoms with E-state index in [9.17, 15) is 23.4 Å². The van der Waals surface area contributed by atoms with E-state index in [1.807, 2.05) is 81.1 Å². The first kappa shape index (κ1) is 34.2. The summed E-state index contributed by atoms with van der Waals surface area (Å²) in [4.78, 5) is 16.9. The molecule has 7 atom stereocenters. The number of sulfone groups is 1. The van der Waals surface area contributed by atoms with Gasteiger partial charge in [0.2, 0.25) is 5.91 Å². The van der Waals surface area contributed by atoms with Crippen LogP contribution in [0.3, 0.4) is 0 Å². The standard InChI is InChI=1S/C34H47Cl2NO5S/c1-7-27(15-16-43(41,42)21(2)3)37-30(22-11-13-25(35)14-12-22)28(23-9-8-10-26(36)17-23)20-34(6,32(37)40)19-24-18-29(38)33(4,5)31(24)39/h8-14,17,21,24,27-31,38-39H,7,15-16,18-20H2,1-6H3/t24?,27-,28+,29?,30+,31?,34-/m0/s1. The molecule has 2 N–H and O–H groups in total. The Morgan fingerprint density at radius 1 is 1.00 bits per heavy atom. The van der Waals surface area contributed by atoms with Gasteiger partial charge < -0.3 is 15.1 Å². The summed E-state index contributed by atoms with van der Waals surface area (Å²) in [5.41, 5.74) is 0.375. The van der Waals surface area contributed by atoms with Crippen LogP contribution in [0.2, 0.25) is 10.0 Å². The Hall–Kier alpha value is -1.64. The van der Waals surface area contributed by atoms with Crippen molar-refractivity contribution in [3.8, 4) is 0 Å². The molecule has 0 spiro atoms. The molecule has 0 radical (unpaired) electrons. The van der Waals surface area contributed by atoms with Crippen molar-refractivity contribution in [2.45, 2.75) is 109 Å². The average Bonchev–Trinajstić information content (AvgIpc) is 3.13. The summed E-state index contributed by atoms with van der Waals surface area (Å²) in [6.07, 6.45) is 0.829. The van der Waals surface area contributed by atoms with Gasteiger partial charge in [0.1, 0.15) is 0 Å². The first-order chi connectivity index (χ1) is 20.0. The van der Waals surface area contributed by atoms with Crippen LogP contribution in [0.25, 0.3) is 0 Å². The smallest absolute Gasteiger partial charge is 0.229 e. The van der Waals surface area contributed by atoms with Crippen molar-refractivity contribution < 1.29 is 23.4 Å². The predicted octanol–water partition coefficient (Wildman–Crippen LogP) is 7.21. The molecule has 6 nitrogen and oxygen atoms in total. The van der Waals surface area contributed by atoms with Crippen LogP contribution in [0.1, 0.15) is 96.7 Å². The van der Waals surface area contributed by atoms with Gasteiger partial charge in [-0.15, -0.1) is 0 Å². The lowest BCUT2D eigenvalue weighted by Gasteiger charge is -2.53. The molecule has 0 aromatic heterocycles. The number of halogens is 2. The Balaban J connectivity index is 1.85. The Morgan fingerprint density at radius 2 is 1.65 bits per heavy atom. The van der Waals surface area contributed by atoms with Crippen LogP contribution in [-0.2, 0) is 14.6 Å². The van der Waals surface area contributed by atoms with Gasteiger partial charge in [-0.25, -0.2) is 8.42 Å². The molecule has 2 aromatic carbocycles. The van der Waals surface area contributed by atoms with Crippen LogP contribution in [0.5, 0.6) is 0 Å². The Bertz CT molecular complexity index is 1400. The molecule has 1 aliphatic carbocycles. The lowest BCUT2D eigenvalue weighted by Crippen LogP contribution is -2.56. The number of carbonyl (C=O) groups is 1. The van der Waals surface area contributed by atoms with E-state index in [1.165, 1.54) is 0 Å². The quantitative estimate of drug-likeness (QED) is 0.283. The number of benzene rings is 2. The molecule has 2 aromatic rings. The third-order valence-corrected chi connectivity index (χ3v) is 12.9. The van der Waals surface area contributed by atoms with Crippen molar-refractivity contribution in [2.75, 3.05) is 5.75 Å². The van der Waals surface area contributed by atoms with E-state index in [1.54, 1.807) is 13.8 Å². The van der Waals surface area contributed by atoms with Crippen molar-refractivity contribution in [1.82, 2.24) is 4.90 Å². The second-order valence-corrected chi connectivity index (χ2v) is 17.4. The largest absolute Gasteiger partial charge is 0.392 e. The van der Waals surface area contributed by atoms with Gasteiger partial charge in [0.05, 0.1) is 29.3 Å². The van der Waals surface area contributed by atoms with Gasteiger partial charge in [0.25, 0.3) is 0 Å². The second-order valence-electron chi connectivity index (χ2n) is 13.9. The molecule has 9 heteroatoms. The highest BCUT2D eigenvalue weighted by Crippen LogP contribution is 2.55.